The van der Waals surface area contributed by atoms with E-state index in [9.17, 15) is 13.2 Å². The molecule has 0 radical (unpaired) electrons. The van der Waals surface area contributed by atoms with Gasteiger partial charge in [-0.3, -0.25) is 4.79 Å². The zero-order valence-corrected chi connectivity index (χ0v) is 11.6. The number of sulfone groups is 1. The van der Waals surface area contributed by atoms with E-state index in [1.807, 2.05) is 0 Å². The number of carbonyl (C=O) groups is 1. The van der Waals surface area contributed by atoms with Crippen LogP contribution in [0.2, 0.25) is 5.02 Å². The second-order valence-corrected chi connectivity index (χ2v) is 6.99. The summed E-state index contributed by atoms with van der Waals surface area (Å²) in [7, 11) is -3.06. The minimum absolute atomic E-state index is 0.0688. The van der Waals surface area contributed by atoms with Gasteiger partial charge < -0.3 is 0 Å². The highest BCUT2D eigenvalue weighted by Gasteiger charge is 2.32. The van der Waals surface area contributed by atoms with E-state index in [1.54, 1.807) is 24.3 Å². The number of hydrogen-bond acceptors (Lipinski definition) is 4. The van der Waals surface area contributed by atoms with Gasteiger partial charge >= 0.3 is 0 Å². The molecule has 1 heterocycles. The molecule has 0 bridgehead atoms. The summed E-state index contributed by atoms with van der Waals surface area (Å²) in [6.45, 7) is 0. The number of hydrogen-bond donors (Lipinski definition) is 1. The monoisotopic (exact) mass is 300 g/mol. The first-order valence-electron chi connectivity index (χ1n) is 5.76. The lowest BCUT2D eigenvalue weighted by molar-refractivity contribution is -0.124. The quantitative estimate of drug-likeness (QED) is 0.674. The van der Waals surface area contributed by atoms with Gasteiger partial charge in [0.2, 0.25) is 5.91 Å². The maximum Gasteiger partial charge on any atom is 0.244 e. The normalized spacial score (nSPS) is 21.6. The first-order chi connectivity index (χ1) is 8.98. The van der Waals surface area contributed by atoms with Gasteiger partial charge in [0, 0.05) is 10.6 Å². The molecule has 19 heavy (non-hydrogen) atoms. The van der Waals surface area contributed by atoms with E-state index in [-0.39, 0.29) is 17.4 Å². The lowest BCUT2D eigenvalue weighted by Gasteiger charge is -2.04. The van der Waals surface area contributed by atoms with Gasteiger partial charge in [0.25, 0.3) is 0 Å². The van der Waals surface area contributed by atoms with Crippen LogP contribution in [0.25, 0.3) is 0 Å². The second-order valence-electron chi connectivity index (χ2n) is 4.36. The van der Waals surface area contributed by atoms with Crippen molar-refractivity contribution in [2.45, 2.75) is 6.42 Å². The Balaban J connectivity index is 1.93. The van der Waals surface area contributed by atoms with E-state index in [2.05, 4.69) is 10.5 Å². The summed E-state index contributed by atoms with van der Waals surface area (Å²) in [5.74, 6) is -0.905. The molecule has 1 saturated heterocycles. The molecule has 1 amide bonds. The van der Waals surface area contributed by atoms with E-state index >= 15 is 0 Å². The molecule has 0 unspecified atom stereocenters. The molecular weight excluding hydrogens is 288 g/mol. The average Bonchev–Trinajstić information content (AvgIpc) is 2.72. The SMILES string of the molecule is O=C(N/N=C\c1ccccc1Cl)[C@H]1CCS(=O)(=O)C1. The number of rotatable bonds is 3. The first-order valence-corrected chi connectivity index (χ1v) is 7.96. The highest BCUT2D eigenvalue weighted by Crippen LogP contribution is 2.18. The molecule has 0 spiro atoms. The molecule has 7 heteroatoms. The highest BCUT2D eigenvalue weighted by molar-refractivity contribution is 7.91. The van der Waals surface area contributed by atoms with Crippen LogP contribution in [0, 0.1) is 5.92 Å². The van der Waals surface area contributed by atoms with Crippen LogP contribution in [0.5, 0.6) is 0 Å². The molecule has 0 aromatic heterocycles. The Morgan fingerprint density at radius 2 is 2.16 bits per heavy atom. The van der Waals surface area contributed by atoms with Gasteiger partial charge in [-0.2, -0.15) is 5.10 Å². The van der Waals surface area contributed by atoms with Crippen LogP contribution in [0.4, 0.5) is 0 Å². The number of halogens is 1. The molecule has 0 saturated carbocycles. The smallest absolute Gasteiger partial charge is 0.244 e. The summed E-state index contributed by atoms with van der Waals surface area (Å²) in [5, 5.41) is 4.32. The fraction of sp³-hybridized carbons (Fsp3) is 0.333. The third kappa shape index (κ3) is 3.78. The fourth-order valence-corrected chi connectivity index (χ4v) is 3.76. The first kappa shape index (κ1) is 14.0. The van der Waals surface area contributed by atoms with Crippen LogP contribution in [0.1, 0.15) is 12.0 Å². The summed E-state index contributed by atoms with van der Waals surface area (Å²) in [6.07, 6.45) is 1.79. The van der Waals surface area contributed by atoms with Crippen molar-refractivity contribution in [2.24, 2.45) is 11.0 Å². The fourth-order valence-electron chi connectivity index (χ4n) is 1.84. The van der Waals surface area contributed by atoms with Gasteiger partial charge in [-0.05, 0) is 12.5 Å². The molecule has 1 N–H and O–H groups in total. The van der Waals surface area contributed by atoms with Crippen LogP contribution in [0.15, 0.2) is 29.4 Å². The van der Waals surface area contributed by atoms with Gasteiger partial charge in [-0.1, -0.05) is 29.8 Å². The molecular formula is C12H13ClN2O3S. The summed E-state index contributed by atoms with van der Waals surface area (Å²) in [4.78, 5) is 11.7. The molecule has 0 aliphatic carbocycles. The second kappa shape index (κ2) is 5.71. The van der Waals surface area contributed by atoms with Crippen molar-refractivity contribution >= 4 is 33.6 Å². The molecule has 102 valence electrons. The van der Waals surface area contributed by atoms with Crippen molar-refractivity contribution in [3.8, 4) is 0 Å². The Morgan fingerprint density at radius 3 is 2.79 bits per heavy atom. The zero-order chi connectivity index (χ0) is 13.9. The molecule has 2 rings (SSSR count). The number of carbonyl (C=O) groups excluding carboxylic acids is 1. The van der Waals surface area contributed by atoms with Crippen LogP contribution in [0.3, 0.4) is 0 Å². The number of amides is 1. The van der Waals surface area contributed by atoms with E-state index in [0.29, 0.717) is 17.0 Å². The van der Waals surface area contributed by atoms with E-state index in [1.165, 1.54) is 6.21 Å². The predicted octanol–water partition coefficient (Wildman–Crippen LogP) is 1.22. The third-order valence-corrected chi connectivity index (χ3v) is 5.00. The minimum Gasteiger partial charge on any atom is -0.273 e. The van der Waals surface area contributed by atoms with Crippen molar-refractivity contribution in [3.05, 3.63) is 34.9 Å². The zero-order valence-electron chi connectivity index (χ0n) is 10.0. The molecule has 1 aliphatic heterocycles. The summed E-state index contributed by atoms with van der Waals surface area (Å²) < 4.78 is 22.5. The van der Waals surface area contributed by atoms with E-state index in [4.69, 9.17) is 11.6 Å². The molecule has 1 aliphatic rings. The Labute approximate surface area is 116 Å². The van der Waals surface area contributed by atoms with Crippen molar-refractivity contribution in [3.63, 3.8) is 0 Å². The third-order valence-electron chi connectivity index (χ3n) is 2.89. The number of nitrogens with one attached hydrogen (secondary N) is 1. The lowest BCUT2D eigenvalue weighted by atomic mass is 10.1. The predicted molar refractivity (Wildman–Crippen MR) is 73.9 cm³/mol. The molecule has 1 aromatic rings. The van der Waals surface area contributed by atoms with Crippen molar-refractivity contribution < 1.29 is 13.2 Å². The summed E-state index contributed by atoms with van der Waals surface area (Å²) in [6, 6.07) is 7.08. The standard InChI is InChI=1S/C12H13ClN2O3S/c13-11-4-2-1-3-9(11)7-14-15-12(16)10-5-6-19(17,18)8-10/h1-4,7,10H,5-6,8H2,(H,15,16)/b14-7-/t10-/m0/s1. The van der Waals surface area contributed by atoms with Crippen molar-refractivity contribution in [1.29, 1.82) is 0 Å². The Kier molecular flexibility index (Phi) is 4.21. The molecule has 1 aromatic carbocycles. The summed E-state index contributed by atoms with van der Waals surface area (Å²) in [5.41, 5.74) is 3.03. The highest BCUT2D eigenvalue weighted by atomic mass is 35.5. The van der Waals surface area contributed by atoms with Crippen molar-refractivity contribution in [1.82, 2.24) is 5.43 Å². The summed E-state index contributed by atoms with van der Waals surface area (Å²) >= 11 is 5.92. The maximum atomic E-state index is 11.7. The van der Waals surface area contributed by atoms with Gasteiger partial charge in [0.1, 0.15) is 0 Å². The van der Waals surface area contributed by atoms with Crippen LogP contribution in [-0.4, -0.2) is 32.0 Å². The maximum absolute atomic E-state index is 11.7. The van der Waals surface area contributed by atoms with Gasteiger partial charge in [0.05, 0.1) is 23.6 Å². The number of nitrogens with zero attached hydrogens (tertiary/aromatic N) is 1. The van der Waals surface area contributed by atoms with Crippen LogP contribution in [-0.2, 0) is 14.6 Å². The Hall–Kier alpha value is -1.40. The lowest BCUT2D eigenvalue weighted by Crippen LogP contribution is -2.27. The number of hydrazone groups is 1. The van der Waals surface area contributed by atoms with E-state index < -0.39 is 15.8 Å². The van der Waals surface area contributed by atoms with Gasteiger partial charge in [-0.25, -0.2) is 13.8 Å². The van der Waals surface area contributed by atoms with Gasteiger partial charge in [-0.15, -0.1) is 0 Å². The molecule has 1 fully saturated rings. The van der Waals surface area contributed by atoms with E-state index in [0.717, 1.165) is 0 Å². The largest absolute Gasteiger partial charge is 0.273 e. The minimum atomic E-state index is -3.06. The molecule has 5 nitrogen and oxygen atoms in total. The Morgan fingerprint density at radius 1 is 1.42 bits per heavy atom. The average molecular weight is 301 g/mol. The van der Waals surface area contributed by atoms with Crippen molar-refractivity contribution in [2.75, 3.05) is 11.5 Å². The topological polar surface area (TPSA) is 75.6 Å². The molecule has 1 atom stereocenters. The van der Waals surface area contributed by atoms with Crippen LogP contribution >= 0.6 is 11.6 Å². The Bertz CT molecular complexity index is 613. The number of benzene rings is 1. The van der Waals surface area contributed by atoms with Gasteiger partial charge in [0.15, 0.2) is 9.84 Å². The van der Waals surface area contributed by atoms with Crippen LogP contribution < -0.4 is 5.43 Å².